The first-order valence-corrected chi connectivity index (χ1v) is 9.36. The first-order chi connectivity index (χ1) is 10.7. The number of nitrogens with zero attached hydrogens (tertiary/aromatic N) is 1. The molecule has 1 saturated heterocycles. The molecule has 4 nitrogen and oxygen atoms in total. The van der Waals surface area contributed by atoms with E-state index in [9.17, 15) is 9.67 Å². The third kappa shape index (κ3) is 1.91. The van der Waals surface area contributed by atoms with Gasteiger partial charge in [-0.2, -0.15) is 0 Å². The van der Waals surface area contributed by atoms with Gasteiger partial charge in [-0.3, -0.25) is 4.57 Å². The van der Waals surface area contributed by atoms with Gasteiger partial charge in [0.1, 0.15) is 5.75 Å². The van der Waals surface area contributed by atoms with Crippen LogP contribution in [0.4, 0.5) is 5.69 Å². The van der Waals surface area contributed by atoms with Gasteiger partial charge in [0.25, 0.3) is 0 Å². The number of hydrogen-bond acceptors (Lipinski definition) is 3. The molecule has 0 aliphatic carbocycles. The molecule has 5 heteroatoms. The highest BCUT2D eigenvalue weighted by atomic mass is 31.2. The van der Waals surface area contributed by atoms with Crippen LogP contribution in [-0.2, 0) is 4.57 Å². The summed E-state index contributed by atoms with van der Waals surface area (Å²) in [5, 5.41) is 15.2. The van der Waals surface area contributed by atoms with Crippen LogP contribution in [-0.4, -0.2) is 28.9 Å². The minimum absolute atomic E-state index is 0.119. The Morgan fingerprint density at radius 1 is 1.09 bits per heavy atom. The number of hydrogen-bond donors (Lipinski definition) is 2. The summed E-state index contributed by atoms with van der Waals surface area (Å²) in [7, 11) is -3.02. The highest BCUT2D eigenvalue weighted by Gasteiger charge is 2.45. The van der Waals surface area contributed by atoms with Crippen molar-refractivity contribution >= 4 is 23.6 Å². The quantitative estimate of drug-likeness (QED) is 0.794. The number of phenolic OH excluding ortho intramolecular Hbond substituents is 1. The minimum atomic E-state index is -3.02. The second kappa shape index (κ2) is 5.15. The van der Waals surface area contributed by atoms with Crippen LogP contribution in [0.2, 0.25) is 0 Å². The topological polar surface area (TPSA) is 52.6 Å². The number of fused-ring (bicyclic) bond motifs is 2. The smallest absolute Gasteiger partial charge is 0.213 e. The van der Waals surface area contributed by atoms with Gasteiger partial charge >= 0.3 is 0 Å². The predicted octanol–water partition coefficient (Wildman–Crippen LogP) is 2.51. The van der Waals surface area contributed by atoms with E-state index in [1.807, 2.05) is 30.3 Å². The average Bonchev–Trinajstić information content (AvgIpc) is 2.98. The van der Waals surface area contributed by atoms with Crippen LogP contribution in [0.1, 0.15) is 12.8 Å². The number of phenols is 1. The number of benzene rings is 2. The number of nitrogens with one attached hydrogen (secondary N) is 1. The van der Waals surface area contributed by atoms with Crippen molar-refractivity contribution in [1.29, 1.82) is 0 Å². The average molecular weight is 314 g/mol. The zero-order valence-corrected chi connectivity index (χ0v) is 13.2. The van der Waals surface area contributed by atoms with Gasteiger partial charge in [0.05, 0.1) is 10.6 Å². The summed E-state index contributed by atoms with van der Waals surface area (Å²) in [5.74, 6) is 0.119. The van der Waals surface area contributed by atoms with E-state index in [1.165, 1.54) is 0 Å². The lowest BCUT2D eigenvalue weighted by Gasteiger charge is -2.31. The summed E-state index contributed by atoms with van der Waals surface area (Å²) in [6.07, 6.45) is 2.09. The maximum atomic E-state index is 14.2. The van der Waals surface area contributed by atoms with Crippen molar-refractivity contribution in [3.8, 4) is 5.75 Å². The second-order valence-electron chi connectivity index (χ2n) is 5.92. The molecule has 0 spiro atoms. The monoisotopic (exact) mass is 314 g/mol. The van der Waals surface area contributed by atoms with Crippen LogP contribution in [0.25, 0.3) is 0 Å². The normalized spacial score (nSPS) is 27.5. The van der Waals surface area contributed by atoms with E-state index in [2.05, 4.69) is 9.99 Å². The lowest BCUT2D eigenvalue weighted by atomic mass is 10.2. The molecule has 114 valence electrons. The van der Waals surface area contributed by atoms with Gasteiger partial charge in [-0.05, 0) is 37.1 Å². The summed E-state index contributed by atoms with van der Waals surface area (Å²) in [6, 6.07) is 15.1. The van der Waals surface area contributed by atoms with Gasteiger partial charge in [-0.15, -0.1) is 0 Å². The van der Waals surface area contributed by atoms with E-state index in [1.54, 1.807) is 18.2 Å². The minimum Gasteiger partial charge on any atom is -0.507 e. The number of rotatable bonds is 1. The SMILES string of the molecule is O=P1(c2ccccc2O)c2ccccc2NCC2CCCN21. The Balaban J connectivity index is 2.00. The first kappa shape index (κ1) is 13.9. The van der Waals surface area contributed by atoms with Gasteiger partial charge < -0.3 is 10.4 Å². The van der Waals surface area contributed by atoms with E-state index in [0.29, 0.717) is 5.30 Å². The molecular weight excluding hydrogens is 295 g/mol. The van der Waals surface area contributed by atoms with Crippen molar-refractivity contribution < 1.29 is 9.67 Å². The van der Waals surface area contributed by atoms with Gasteiger partial charge in [0, 0.05) is 24.8 Å². The molecule has 0 bridgehead atoms. The Morgan fingerprint density at radius 2 is 1.82 bits per heavy atom. The van der Waals surface area contributed by atoms with E-state index in [4.69, 9.17) is 0 Å². The molecule has 1 fully saturated rings. The lowest BCUT2D eigenvalue weighted by Crippen LogP contribution is -2.35. The largest absolute Gasteiger partial charge is 0.507 e. The molecule has 0 saturated carbocycles. The summed E-state index contributed by atoms with van der Waals surface area (Å²) in [5.41, 5.74) is 0.920. The Kier molecular flexibility index (Phi) is 3.24. The zero-order valence-electron chi connectivity index (χ0n) is 12.3. The molecule has 2 N–H and O–H groups in total. The van der Waals surface area contributed by atoms with E-state index >= 15 is 0 Å². The molecule has 0 amide bonds. The maximum absolute atomic E-state index is 14.2. The van der Waals surface area contributed by atoms with Gasteiger partial charge in [0.2, 0.25) is 7.29 Å². The fourth-order valence-electron chi connectivity index (χ4n) is 3.64. The molecule has 0 aromatic heterocycles. The predicted molar refractivity (Wildman–Crippen MR) is 89.6 cm³/mol. The van der Waals surface area contributed by atoms with Crippen LogP contribution >= 0.6 is 7.29 Å². The standard InChI is InChI=1S/C17H19N2O2P/c20-15-8-2-4-10-17(15)22(21)16-9-3-1-7-14(16)18-12-13-6-5-11-19(13)22/h1-4,7-10,13,18,20H,5-6,11-12H2. The molecule has 2 aliphatic heterocycles. The van der Waals surface area contributed by atoms with E-state index < -0.39 is 7.29 Å². The fraction of sp³-hybridized carbons (Fsp3) is 0.294. The molecular formula is C17H19N2O2P. The summed E-state index contributed by atoms with van der Waals surface area (Å²) < 4.78 is 16.4. The molecule has 2 heterocycles. The number of aromatic hydroxyl groups is 1. The summed E-state index contributed by atoms with van der Waals surface area (Å²) in [6.45, 7) is 1.61. The highest BCUT2D eigenvalue weighted by molar-refractivity contribution is 7.77. The third-order valence-corrected chi connectivity index (χ3v) is 8.00. The van der Waals surface area contributed by atoms with Crippen molar-refractivity contribution in [1.82, 2.24) is 4.67 Å². The lowest BCUT2D eigenvalue weighted by molar-refractivity contribution is 0.409. The summed E-state index contributed by atoms with van der Waals surface area (Å²) >= 11 is 0. The van der Waals surface area contributed by atoms with Gasteiger partial charge in [-0.25, -0.2) is 4.67 Å². The van der Waals surface area contributed by atoms with Crippen LogP contribution in [0.5, 0.6) is 5.75 Å². The molecule has 0 radical (unpaired) electrons. The molecule has 22 heavy (non-hydrogen) atoms. The molecule has 2 aliphatic rings. The van der Waals surface area contributed by atoms with Crippen LogP contribution in [0, 0.1) is 0 Å². The number of anilines is 1. The molecule has 2 aromatic carbocycles. The third-order valence-electron chi connectivity index (χ3n) is 4.67. The second-order valence-corrected chi connectivity index (χ2v) is 8.55. The van der Waals surface area contributed by atoms with Crippen molar-refractivity contribution in [3.63, 3.8) is 0 Å². The van der Waals surface area contributed by atoms with E-state index in [-0.39, 0.29) is 11.8 Å². The fourth-order valence-corrected chi connectivity index (χ4v) is 6.98. The van der Waals surface area contributed by atoms with Crippen LogP contribution in [0.15, 0.2) is 48.5 Å². The van der Waals surface area contributed by atoms with Gasteiger partial charge in [-0.1, -0.05) is 24.3 Å². The van der Waals surface area contributed by atoms with E-state index in [0.717, 1.165) is 36.9 Å². The zero-order chi connectivity index (χ0) is 15.2. The summed E-state index contributed by atoms with van der Waals surface area (Å²) in [4.78, 5) is 0. The van der Waals surface area contributed by atoms with Gasteiger partial charge in [0.15, 0.2) is 0 Å². The Morgan fingerprint density at radius 3 is 2.64 bits per heavy atom. The van der Waals surface area contributed by atoms with Crippen molar-refractivity contribution in [2.45, 2.75) is 18.9 Å². The molecule has 2 unspecified atom stereocenters. The highest BCUT2D eigenvalue weighted by Crippen LogP contribution is 2.55. The van der Waals surface area contributed by atoms with Crippen molar-refractivity contribution in [3.05, 3.63) is 48.5 Å². The van der Waals surface area contributed by atoms with Crippen molar-refractivity contribution in [2.75, 3.05) is 18.4 Å². The Labute approximate surface area is 130 Å². The van der Waals surface area contributed by atoms with Crippen LogP contribution in [0.3, 0.4) is 0 Å². The van der Waals surface area contributed by atoms with Crippen LogP contribution < -0.4 is 15.9 Å². The Hall–Kier alpha value is -1.77. The number of para-hydroxylation sites is 2. The first-order valence-electron chi connectivity index (χ1n) is 7.70. The van der Waals surface area contributed by atoms with Crippen molar-refractivity contribution in [2.24, 2.45) is 0 Å². The molecule has 2 atom stereocenters. The Bertz CT molecular complexity index is 762. The maximum Gasteiger partial charge on any atom is 0.213 e. The molecule has 2 aromatic rings. The molecule has 4 rings (SSSR count).